The molecule has 0 spiro atoms. The summed E-state index contributed by atoms with van der Waals surface area (Å²) in [5.41, 5.74) is 1.96. The first kappa shape index (κ1) is 8.94. The number of aryl methyl sites for hydroxylation is 2. The lowest BCUT2D eigenvalue weighted by molar-refractivity contribution is 0.767. The quantitative estimate of drug-likeness (QED) is 0.722. The third-order valence-electron chi connectivity index (χ3n) is 2.17. The summed E-state index contributed by atoms with van der Waals surface area (Å²) < 4.78 is 2.09. The Labute approximate surface area is 83.4 Å². The van der Waals surface area contributed by atoms with Gasteiger partial charge in [-0.25, -0.2) is 9.97 Å². The van der Waals surface area contributed by atoms with Crippen LogP contribution in [0.15, 0.2) is 30.6 Å². The van der Waals surface area contributed by atoms with Crippen LogP contribution in [0.2, 0.25) is 0 Å². The lowest BCUT2D eigenvalue weighted by atomic mass is 10.3. The summed E-state index contributed by atoms with van der Waals surface area (Å²) in [5.74, 6) is 0.941. The molecule has 0 atom stereocenters. The Hall–Kier alpha value is -1.64. The number of hydrogen-bond donors (Lipinski definition) is 0. The van der Waals surface area contributed by atoms with Gasteiger partial charge in [-0.3, -0.25) is 0 Å². The molecule has 0 amide bonds. The predicted molar refractivity (Wildman–Crippen MR) is 55.9 cm³/mol. The van der Waals surface area contributed by atoms with Crippen LogP contribution in [-0.2, 0) is 6.54 Å². The number of rotatable bonds is 2. The molecule has 0 aliphatic rings. The summed E-state index contributed by atoms with van der Waals surface area (Å²) >= 11 is 0. The van der Waals surface area contributed by atoms with Crippen LogP contribution in [0.4, 0.5) is 0 Å². The standard InChI is InChI=1S/C11H13N3/c1-3-14-8-7-12-11(14)10-6-4-5-9(2)13-10/h4-8H,3H2,1-2H3. The zero-order valence-corrected chi connectivity index (χ0v) is 8.44. The molecule has 2 heterocycles. The van der Waals surface area contributed by atoms with E-state index in [4.69, 9.17) is 0 Å². The summed E-state index contributed by atoms with van der Waals surface area (Å²) in [7, 11) is 0. The smallest absolute Gasteiger partial charge is 0.158 e. The van der Waals surface area contributed by atoms with E-state index in [0.29, 0.717) is 0 Å². The first-order chi connectivity index (χ1) is 6.81. The topological polar surface area (TPSA) is 30.7 Å². The molecule has 2 aromatic heterocycles. The summed E-state index contributed by atoms with van der Waals surface area (Å²) in [6.07, 6.45) is 3.78. The van der Waals surface area contributed by atoms with Gasteiger partial charge in [0.2, 0.25) is 0 Å². The number of nitrogens with zero attached hydrogens (tertiary/aromatic N) is 3. The summed E-state index contributed by atoms with van der Waals surface area (Å²) in [4.78, 5) is 8.74. The average Bonchev–Trinajstić information content (AvgIpc) is 2.65. The van der Waals surface area contributed by atoms with Crippen LogP contribution in [0.1, 0.15) is 12.6 Å². The van der Waals surface area contributed by atoms with Gasteiger partial charge in [-0.1, -0.05) is 6.07 Å². The van der Waals surface area contributed by atoms with Crippen molar-refractivity contribution >= 4 is 0 Å². The minimum atomic E-state index is 0.922. The van der Waals surface area contributed by atoms with Crippen molar-refractivity contribution in [2.45, 2.75) is 20.4 Å². The van der Waals surface area contributed by atoms with E-state index in [0.717, 1.165) is 23.8 Å². The normalized spacial score (nSPS) is 10.4. The summed E-state index contributed by atoms with van der Waals surface area (Å²) in [6.45, 7) is 5.01. The van der Waals surface area contributed by atoms with E-state index < -0.39 is 0 Å². The van der Waals surface area contributed by atoms with Crippen LogP contribution in [0.5, 0.6) is 0 Å². The molecular weight excluding hydrogens is 174 g/mol. The second-order valence-electron chi connectivity index (χ2n) is 3.20. The van der Waals surface area contributed by atoms with Crippen molar-refractivity contribution in [2.75, 3.05) is 0 Å². The molecule has 3 nitrogen and oxygen atoms in total. The second-order valence-corrected chi connectivity index (χ2v) is 3.20. The molecule has 0 bridgehead atoms. The van der Waals surface area contributed by atoms with Gasteiger partial charge in [-0.15, -0.1) is 0 Å². The first-order valence-corrected chi connectivity index (χ1v) is 4.76. The van der Waals surface area contributed by atoms with Crippen molar-refractivity contribution in [2.24, 2.45) is 0 Å². The van der Waals surface area contributed by atoms with Gasteiger partial charge in [0.15, 0.2) is 5.82 Å². The Morgan fingerprint density at radius 2 is 2.21 bits per heavy atom. The molecule has 0 unspecified atom stereocenters. The molecule has 0 N–H and O–H groups in total. The summed E-state index contributed by atoms with van der Waals surface area (Å²) in [5, 5.41) is 0. The fourth-order valence-corrected chi connectivity index (χ4v) is 1.47. The zero-order valence-electron chi connectivity index (χ0n) is 8.44. The van der Waals surface area contributed by atoms with Gasteiger partial charge < -0.3 is 4.57 Å². The molecule has 14 heavy (non-hydrogen) atoms. The SMILES string of the molecule is CCn1ccnc1-c1cccc(C)n1. The van der Waals surface area contributed by atoms with Gasteiger partial charge in [-0.2, -0.15) is 0 Å². The van der Waals surface area contributed by atoms with Crippen LogP contribution in [0.3, 0.4) is 0 Å². The minimum absolute atomic E-state index is 0.922. The van der Waals surface area contributed by atoms with Crippen LogP contribution in [0.25, 0.3) is 11.5 Å². The Balaban J connectivity index is 2.49. The maximum Gasteiger partial charge on any atom is 0.158 e. The van der Waals surface area contributed by atoms with Gasteiger partial charge >= 0.3 is 0 Å². The van der Waals surface area contributed by atoms with E-state index in [9.17, 15) is 0 Å². The van der Waals surface area contributed by atoms with Crippen LogP contribution in [-0.4, -0.2) is 14.5 Å². The Bertz CT molecular complexity index is 432. The number of aromatic nitrogens is 3. The van der Waals surface area contributed by atoms with E-state index in [1.54, 1.807) is 0 Å². The predicted octanol–water partition coefficient (Wildman–Crippen LogP) is 2.27. The van der Waals surface area contributed by atoms with Gasteiger partial charge in [0.05, 0.1) is 0 Å². The molecule has 2 rings (SSSR count). The Kier molecular flexibility index (Phi) is 2.31. The van der Waals surface area contributed by atoms with Crippen LogP contribution >= 0.6 is 0 Å². The van der Waals surface area contributed by atoms with Crippen molar-refractivity contribution in [3.05, 3.63) is 36.3 Å². The number of imidazole rings is 1. The highest BCUT2D eigenvalue weighted by atomic mass is 15.1. The van der Waals surface area contributed by atoms with Crippen molar-refractivity contribution in [1.29, 1.82) is 0 Å². The van der Waals surface area contributed by atoms with Crippen molar-refractivity contribution < 1.29 is 0 Å². The molecule has 0 radical (unpaired) electrons. The van der Waals surface area contributed by atoms with E-state index in [1.807, 2.05) is 37.5 Å². The highest BCUT2D eigenvalue weighted by Crippen LogP contribution is 2.14. The second kappa shape index (κ2) is 3.62. The average molecular weight is 187 g/mol. The molecule has 0 aliphatic carbocycles. The van der Waals surface area contributed by atoms with E-state index in [2.05, 4.69) is 21.5 Å². The molecule has 0 saturated carbocycles. The largest absolute Gasteiger partial charge is 0.330 e. The molecule has 0 fully saturated rings. The summed E-state index contributed by atoms with van der Waals surface area (Å²) in [6, 6.07) is 5.98. The van der Waals surface area contributed by atoms with Crippen molar-refractivity contribution in [1.82, 2.24) is 14.5 Å². The third-order valence-corrected chi connectivity index (χ3v) is 2.17. The lowest BCUT2D eigenvalue weighted by Gasteiger charge is -2.03. The maximum atomic E-state index is 4.44. The lowest BCUT2D eigenvalue weighted by Crippen LogP contribution is -1.98. The Morgan fingerprint density at radius 1 is 1.36 bits per heavy atom. The molecule has 2 aromatic rings. The fraction of sp³-hybridized carbons (Fsp3) is 0.273. The highest BCUT2D eigenvalue weighted by Gasteiger charge is 2.05. The van der Waals surface area contributed by atoms with Crippen molar-refractivity contribution in [3.63, 3.8) is 0 Å². The van der Waals surface area contributed by atoms with Crippen molar-refractivity contribution in [3.8, 4) is 11.5 Å². The van der Waals surface area contributed by atoms with E-state index in [-0.39, 0.29) is 0 Å². The van der Waals surface area contributed by atoms with E-state index in [1.165, 1.54) is 0 Å². The van der Waals surface area contributed by atoms with Crippen LogP contribution in [0, 0.1) is 6.92 Å². The molecule has 3 heteroatoms. The van der Waals surface area contributed by atoms with E-state index >= 15 is 0 Å². The number of hydrogen-bond acceptors (Lipinski definition) is 2. The molecule has 0 saturated heterocycles. The van der Waals surface area contributed by atoms with Crippen LogP contribution < -0.4 is 0 Å². The van der Waals surface area contributed by atoms with Gasteiger partial charge in [0, 0.05) is 24.6 Å². The maximum absolute atomic E-state index is 4.44. The highest BCUT2D eigenvalue weighted by molar-refractivity contribution is 5.49. The third kappa shape index (κ3) is 1.53. The molecular formula is C11H13N3. The van der Waals surface area contributed by atoms with Gasteiger partial charge in [0.1, 0.15) is 5.69 Å². The molecule has 0 aromatic carbocycles. The van der Waals surface area contributed by atoms with Gasteiger partial charge in [0.25, 0.3) is 0 Å². The molecule has 0 aliphatic heterocycles. The Morgan fingerprint density at radius 3 is 2.93 bits per heavy atom. The monoisotopic (exact) mass is 187 g/mol. The number of pyridine rings is 1. The van der Waals surface area contributed by atoms with Gasteiger partial charge in [-0.05, 0) is 26.0 Å². The fourth-order valence-electron chi connectivity index (χ4n) is 1.47. The zero-order chi connectivity index (χ0) is 9.97. The molecule has 72 valence electrons. The first-order valence-electron chi connectivity index (χ1n) is 4.76. The minimum Gasteiger partial charge on any atom is -0.330 e.